The van der Waals surface area contributed by atoms with Crippen LogP contribution in [0.4, 0.5) is 4.79 Å². The number of amides is 1. The summed E-state index contributed by atoms with van der Waals surface area (Å²) in [5, 5.41) is 0. The molecule has 1 amide bonds. The molecule has 1 saturated heterocycles. The molecule has 1 atom stereocenters. The number of rotatable bonds is 5. The highest BCUT2D eigenvalue weighted by Gasteiger charge is 2.38. The zero-order chi connectivity index (χ0) is 15.7. The molecule has 0 radical (unpaired) electrons. The van der Waals surface area contributed by atoms with Crippen LogP contribution in [0.3, 0.4) is 0 Å². The van der Waals surface area contributed by atoms with E-state index in [-0.39, 0.29) is 12.2 Å². The molecule has 2 aliphatic rings. The maximum atomic E-state index is 11.7. The average Bonchev–Trinajstić information content (AvgIpc) is 3.26. The molecule has 1 aromatic carbocycles. The molecule has 0 N–H and O–H groups in total. The highest BCUT2D eigenvalue weighted by molar-refractivity contribution is 5.68. The van der Waals surface area contributed by atoms with E-state index in [1.807, 2.05) is 18.2 Å². The van der Waals surface area contributed by atoms with Gasteiger partial charge in [0.15, 0.2) is 11.5 Å². The molecule has 1 unspecified atom stereocenters. The third-order valence-electron chi connectivity index (χ3n) is 4.52. The summed E-state index contributed by atoms with van der Waals surface area (Å²) in [6.45, 7) is 3.62. The molecule has 5 nitrogen and oxygen atoms in total. The molecule has 2 fully saturated rings. The summed E-state index contributed by atoms with van der Waals surface area (Å²) in [6.07, 6.45) is 2.71. The zero-order valence-corrected chi connectivity index (χ0v) is 13.4. The molecule has 1 aromatic rings. The molecule has 5 heteroatoms. The Morgan fingerprint density at radius 3 is 2.77 bits per heavy atom. The molecule has 1 aliphatic carbocycles. The Hall–Kier alpha value is -1.91. The standard InChI is InChI=1S/C17H23NO4/c1-17(7-8-17)11-21-15-10-12(4-5-14(15)20-3)13-6-9-18(2)16(19)22-13/h4-5,10,13H,6-9,11H2,1-3H3. The van der Waals surface area contributed by atoms with E-state index in [1.165, 1.54) is 12.8 Å². The van der Waals surface area contributed by atoms with Gasteiger partial charge in [-0.3, -0.25) is 0 Å². The first-order valence-corrected chi connectivity index (χ1v) is 7.73. The van der Waals surface area contributed by atoms with E-state index in [2.05, 4.69) is 6.92 Å². The largest absolute Gasteiger partial charge is 0.493 e. The third kappa shape index (κ3) is 3.13. The summed E-state index contributed by atoms with van der Waals surface area (Å²) < 4.78 is 16.8. The Balaban J connectivity index is 1.75. The van der Waals surface area contributed by atoms with E-state index in [0.717, 1.165) is 17.7 Å². The fourth-order valence-corrected chi connectivity index (χ4v) is 2.52. The normalized spacial score (nSPS) is 23.0. The van der Waals surface area contributed by atoms with Gasteiger partial charge in [0.05, 0.1) is 13.7 Å². The smallest absolute Gasteiger partial charge is 0.410 e. The van der Waals surface area contributed by atoms with E-state index >= 15 is 0 Å². The van der Waals surface area contributed by atoms with Crippen LogP contribution in [-0.2, 0) is 4.74 Å². The van der Waals surface area contributed by atoms with Crippen molar-refractivity contribution in [2.75, 3.05) is 27.3 Å². The number of methoxy groups -OCH3 is 1. The average molecular weight is 305 g/mol. The Morgan fingerprint density at radius 2 is 2.14 bits per heavy atom. The Bertz CT molecular complexity index is 568. The second-order valence-electron chi connectivity index (χ2n) is 6.59. The minimum Gasteiger partial charge on any atom is -0.493 e. The first-order chi connectivity index (χ1) is 10.5. The van der Waals surface area contributed by atoms with E-state index in [9.17, 15) is 4.79 Å². The molecular formula is C17H23NO4. The van der Waals surface area contributed by atoms with E-state index in [4.69, 9.17) is 14.2 Å². The fourth-order valence-electron chi connectivity index (χ4n) is 2.52. The van der Waals surface area contributed by atoms with Crippen LogP contribution in [0.25, 0.3) is 0 Å². The lowest BCUT2D eigenvalue weighted by Gasteiger charge is -2.29. The van der Waals surface area contributed by atoms with E-state index in [0.29, 0.717) is 24.3 Å². The summed E-state index contributed by atoms with van der Waals surface area (Å²) in [5.41, 5.74) is 1.26. The number of benzene rings is 1. The molecule has 0 spiro atoms. The number of nitrogens with zero attached hydrogens (tertiary/aromatic N) is 1. The Kier molecular flexibility index (Phi) is 3.89. The van der Waals surface area contributed by atoms with Crippen molar-refractivity contribution in [1.29, 1.82) is 0 Å². The van der Waals surface area contributed by atoms with Gasteiger partial charge in [-0.1, -0.05) is 13.0 Å². The maximum absolute atomic E-state index is 11.7. The predicted octanol–water partition coefficient (Wildman–Crippen LogP) is 3.39. The van der Waals surface area contributed by atoms with Gasteiger partial charge >= 0.3 is 6.09 Å². The maximum Gasteiger partial charge on any atom is 0.410 e. The number of cyclic esters (lactones) is 1. The van der Waals surface area contributed by atoms with Crippen LogP contribution in [0, 0.1) is 5.41 Å². The predicted molar refractivity (Wildman–Crippen MR) is 82.3 cm³/mol. The van der Waals surface area contributed by atoms with Gasteiger partial charge in [0, 0.05) is 25.4 Å². The molecular weight excluding hydrogens is 282 g/mol. The molecule has 22 heavy (non-hydrogen) atoms. The van der Waals surface area contributed by atoms with Gasteiger partial charge in [-0.15, -0.1) is 0 Å². The van der Waals surface area contributed by atoms with Crippen molar-refractivity contribution in [2.24, 2.45) is 5.41 Å². The lowest BCUT2D eigenvalue weighted by Crippen LogP contribution is -2.35. The molecule has 0 aromatic heterocycles. The van der Waals surface area contributed by atoms with Crippen molar-refractivity contribution < 1.29 is 19.0 Å². The highest BCUT2D eigenvalue weighted by atomic mass is 16.6. The van der Waals surface area contributed by atoms with Gasteiger partial charge in [0.1, 0.15) is 6.10 Å². The number of ether oxygens (including phenoxy) is 3. The van der Waals surface area contributed by atoms with Crippen LogP contribution in [0.2, 0.25) is 0 Å². The van der Waals surface area contributed by atoms with Gasteiger partial charge in [-0.25, -0.2) is 4.79 Å². The monoisotopic (exact) mass is 305 g/mol. The Morgan fingerprint density at radius 1 is 1.36 bits per heavy atom. The zero-order valence-electron chi connectivity index (χ0n) is 13.4. The second-order valence-corrected chi connectivity index (χ2v) is 6.59. The Labute approximate surface area is 131 Å². The van der Waals surface area contributed by atoms with Gasteiger partial charge in [-0.05, 0) is 30.5 Å². The first-order valence-electron chi connectivity index (χ1n) is 7.73. The molecule has 1 aliphatic heterocycles. The van der Waals surface area contributed by atoms with Crippen LogP contribution < -0.4 is 9.47 Å². The highest BCUT2D eigenvalue weighted by Crippen LogP contribution is 2.46. The van der Waals surface area contributed by atoms with Crippen LogP contribution in [-0.4, -0.2) is 38.3 Å². The van der Waals surface area contributed by atoms with Crippen LogP contribution in [0.15, 0.2) is 18.2 Å². The van der Waals surface area contributed by atoms with Crippen LogP contribution >= 0.6 is 0 Å². The summed E-state index contributed by atoms with van der Waals surface area (Å²) >= 11 is 0. The topological polar surface area (TPSA) is 48.0 Å². The molecule has 120 valence electrons. The van der Waals surface area contributed by atoms with Crippen molar-refractivity contribution in [3.05, 3.63) is 23.8 Å². The number of carbonyl (C=O) groups excluding carboxylic acids is 1. The van der Waals surface area contributed by atoms with Crippen LogP contribution in [0.1, 0.15) is 37.9 Å². The number of carbonyl (C=O) groups is 1. The van der Waals surface area contributed by atoms with Crippen molar-refractivity contribution >= 4 is 6.09 Å². The SMILES string of the molecule is COc1ccc(C2CCN(C)C(=O)O2)cc1OCC1(C)CC1. The fraction of sp³-hybridized carbons (Fsp3) is 0.588. The minimum atomic E-state index is -0.278. The lowest BCUT2D eigenvalue weighted by atomic mass is 10.0. The van der Waals surface area contributed by atoms with Crippen molar-refractivity contribution in [2.45, 2.75) is 32.3 Å². The molecule has 3 rings (SSSR count). The summed E-state index contributed by atoms with van der Waals surface area (Å²) in [6, 6.07) is 5.76. The lowest BCUT2D eigenvalue weighted by molar-refractivity contribution is 0.0323. The number of hydrogen-bond donors (Lipinski definition) is 0. The summed E-state index contributed by atoms with van der Waals surface area (Å²) in [7, 11) is 3.38. The first kappa shape index (κ1) is 15.0. The van der Waals surface area contributed by atoms with E-state index in [1.54, 1.807) is 19.1 Å². The van der Waals surface area contributed by atoms with Crippen molar-refractivity contribution in [1.82, 2.24) is 4.90 Å². The third-order valence-corrected chi connectivity index (χ3v) is 4.52. The summed E-state index contributed by atoms with van der Waals surface area (Å²) in [5.74, 6) is 1.44. The van der Waals surface area contributed by atoms with Crippen molar-refractivity contribution in [3.63, 3.8) is 0 Å². The molecule has 1 heterocycles. The van der Waals surface area contributed by atoms with Gasteiger partial charge < -0.3 is 19.1 Å². The van der Waals surface area contributed by atoms with Gasteiger partial charge in [0.25, 0.3) is 0 Å². The number of hydrogen-bond acceptors (Lipinski definition) is 4. The second kappa shape index (κ2) is 5.71. The van der Waals surface area contributed by atoms with Gasteiger partial charge in [0.2, 0.25) is 0 Å². The minimum absolute atomic E-state index is 0.214. The summed E-state index contributed by atoms with van der Waals surface area (Å²) in [4.78, 5) is 13.3. The van der Waals surface area contributed by atoms with Crippen molar-refractivity contribution in [3.8, 4) is 11.5 Å². The van der Waals surface area contributed by atoms with Crippen LogP contribution in [0.5, 0.6) is 11.5 Å². The van der Waals surface area contributed by atoms with Gasteiger partial charge in [-0.2, -0.15) is 0 Å². The molecule has 0 bridgehead atoms. The quantitative estimate of drug-likeness (QED) is 0.836. The van der Waals surface area contributed by atoms with E-state index < -0.39 is 0 Å². The molecule has 1 saturated carbocycles.